The predicted octanol–water partition coefficient (Wildman–Crippen LogP) is 3.21. The zero-order valence-electron chi connectivity index (χ0n) is 16.8. The van der Waals surface area contributed by atoms with Crippen molar-refractivity contribution in [2.45, 2.75) is 38.5 Å². The first-order valence-corrected chi connectivity index (χ1v) is 9.44. The molecule has 0 saturated carbocycles. The average Bonchev–Trinajstić information content (AvgIpc) is 2.67. The Bertz CT molecular complexity index is 629. The van der Waals surface area contributed by atoms with Gasteiger partial charge in [-0.1, -0.05) is 6.07 Å². The lowest BCUT2D eigenvalue weighted by Crippen LogP contribution is -2.48. The molecule has 1 heterocycles. The number of guanidine groups is 1. The predicted molar refractivity (Wildman–Crippen MR) is 118 cm³/mol. The van der Waals surface area contributed by atoms with Gasteiger partial charge in [-0.05, 0) is 31.4 Å². The second-order valence-corrected chi connectivity index (χ2v) is 6.63. The number of methoxy groups -OCH3 is 1. The van der Waals surface area contributed by atoms with E-state index in [9.17, 15) is 13.2 Å². The summed E-state index contributed by atoms with van der Waals surface area (Å²) in [6.45, 7) is 0.739. The Kier molecular flexibility index (Phi) is 12.3. The molecule has 0 aromatic heterocycles. The number of piperidine rings is 1. The number of likely N-dealkylation sites (tertiary alicyclic amines) is 1. The summed E-state index contributed by atoms with van der Waals surface area (Å²) < 4.78 is 48.6. The van der Waals surface area contributed by atoms with E-state index in [-0.39, 0.29) is 47.9 Å². The van der Waals surface area contributed by atoms with Gasteiger partial charge in [-0.2, -0.15) is 8.78 Å². The van der Waals surface area contributed by atoms with E-state index >= 15 is 0 Å². The minimum atomic E-state index is -3.01. The minimum Gasteiger partial charge on any atom is -0.434 e. The van der Waals surface area contributed by atoms with Crippen LogP contribution < -0.4 is 15.4 Å². The molecule has 0 aliphatic carbocycles. The lowest BCUT2D eigenvalue weighted by molar-refractivity contribution is -0.0506. The molecule has 0 atom stereocenters. The van der Waals surface area contributed by atoms with Crippen LogP contribution in [0, 0.1) is 5.82 Å². The first kappa shape index (κ1) is 25.8. The van der Waals surface area contributed by atoms with Gasteiger partial charge < -0.3 is 25.0 Å². The average molecular weight is 530 g/mol. The maximum absolute atomic E-state index is 14.0. The van der Waals surface area contributed by atoms with Gasteiger partial charge in [0.05, 0.1) is 0 Å². The number of nitrogens with one attached hydrogen (secondary N) is 2. The quantitative estimate of drug-likeness (QED) is 0.222. The van der Waals surface area contributed by atoms with Gasteiger partial charge in [-0.3, -0.25) is 4.99 Å². The number of ether oxygens (including phenoxy) is 2. The van der Waals surface area contributed by atoms with E-state index in [1.807, 2.05) is 0 Å². The van der Waals surface area contributed by atoms with Crippen molar-refractivity contribution in [3.05, 3.63) is 29.6 Å². The molecule has 10 heteroatoms. The van der Waals surface area contributed by atoms with Gasteiger partial charge in [0.2, 0.25) is 0 Å². The molecular weight excluding hydrogens is 500 g/mol. The van der Waals surface area contributed by atoms with Crippen LogP contribution in [0.3, 0.4) is 0 Å². The third-order valence-corrected chi connectivity index (χ3v) is 4.70. The molecule has 0 amide bonds. The van der Waals surface area contributed by atoms with E-state index in [2.05, 4.69) is 25.3 Å². The lowest BCUT2D eigenvalue weighted by atomic mass is 10.1. The van der Waals surface area contributed by atoms with Crippen LogP contribution in [0.15, 0.2) is 23.2 Å². The molecule has 1 aromatic carbocycles. The molecular formula is C19H30F3IN4O2. The summed E-state index contributed by atoms with van der Waals surface area (Å²) in [6.07, 6.45) is 2.95. The Balaban J connectivity index is 0.00000420. The summed E-state index contributed by atoms with van der Waals surface area (Å²) in [6, 6.07) is 4.12. The molecule has 166 valence electrons. The number of halogens is 4. The Morgan fingerprint density at radius 3 is 2.66 bits per heavy atom. The highest BCUT2D eigenvalue weighted by Crippen LogP contribution is 2.23. The third kappa shape index (κ3) is 8.95. The smallest absolute Gasteiger partial charge is 0.387 e. The van der Waals surface area contributed by atoms with Crippen LogP contribution in [0.5, 0.6) is 5.75 Å². The molecule has 0 unspecified atom stereocenters. The summed E-state index contributed by atoms with van der Waals surface area (Å²) in [5.74, 6) is -0.281. The largest absolute Gasteiger partial charge is 0.434 e. The molecule has 1 aliphatic heterocycles. The molecule has 6 nitrogen and oxygen atoms in total. The van der Waals surface area contributed by atoms with Crippen LogP contribution in [-0.2, 0) is 11.3 Å². The van der Waals surface area contributed by atoms with Crippen LogP contribution in [0.2, 0.25) is 0 Å². The SMILES string of the molecule is CN=C(NCc1c(F)cccc1OC(F)F)NC1CCN(CCCOC)CC1.I. The molecule has 29 heavy (non-hydrogen) atoms. The van der Waals surface area contributed by atoms with E-state index in [1.165, 1.54) is 18.2 Å². The molecule has 0 spiro atoms. The van der Waals surface area contributed by atoms with E-state index in [4.69, 9.17) is 4.74 Å². The van der Waals surface area contributed by atoms with Crippen molar-refractivity contribution in [3.8, 4) is 5.75 Å². The fourth-order valence-electron chi connectivity index (χ4n) is 3.21. The van der Waals surface area contributed by atoms with Gasteiger partial charge in [0, 0.05) is 58.5 Å². The number of nitrogens with zero attached hydrogens (tertiary/aromatic N) is 2. The summed E-state index contributed by atoms with van der Waals surface area (Å²) >= 11 is 0. The third-order valence-electron chi connectivity index (χ3n) is 4.70. The van der Waals surface area contributed by atoms with Crippen LogP contribution in [0.1, 0.15) is 24.8 Å². The monoisotopic (exact) mass is 530 g/mol. The Morgan fingerprint density at radius 1 is 1.31 bits per heavy atom. The Labute approximate surface area is 187 Å². The van der Waals surface area contributed by atoms with Gasteiger partial charge in [0.15, 0.2) is 5.96 Å². The van der Waals surface area contributed by atoms with Gasteiger partial charge in [0.25, 0.3) is 0 Å². The first-order valence-electron chi connectivity index (χ1n) is 9.44. The van der Waals surface area contributed by atoms with Gasteiger partial charge in [-0.15, -0.1) is 24.0 Å². The van der Waals surface area contributed by atoms with Crippen molar-refractivity contribution in [1.82, 2.24) is 15.5 Å². The molecule has 1 fully saturated rings. The number of hydrogen-bond acceptors (Lipinski definition) is 4. The van der Waals surface area contributed by atoms with Crippen molar-refractivity contribution in [2.24, 2.45) is 4.99 Å². The Morgan fingerprint density at radius 2 is 2.03 bits per heavy atom. The van der Waals surface area contributed by atoms with Crippen molar-refractivity contribution in [2.75, 3.05) is 40.4 Å². The first-order chi connectivity index (χ1) is 13.5. The van der Waals surface area contributed by atoms with E-state index < -0.39 is 12.4 Å². The van der Waals surface area contributed by atoms with Crippen molar-refractivity contribution in [1.29, 1.82) is 0 Å². The van der Waals surface area contributed by atoms with Crippen molar-refractivity contribution < 1.29 is 22.6 Å². The summed E-state index contributed by atoms with van der Waals surface area (Å²) in [5, 5.41) is 6.30. The highest BCUT2D eigenvalue weighted by Gasteiger charge is 2.20. The number of alkyl halides is 2. The number of hydrogen-bond donors (Lipinski definition) is 2. The fourth-order valence-corrected chi connectivity index (χ4v) is 3.21. The van der Waals surface area contributed by atoms with E-state index in [1.54, 1.807) is 14.2 Å². The maximum atomic E-state index is 14.0. The summed E-state index contributed by atoms with van der Waals surface area (Å²) in [4.78, 5) is 6.55. The molecule has 2 N–H and O–H groups in total. The number of benzene rings is 1. The maximum Gasteiger partial charge on any atom is 0.387 e. The fraction of sp³-hybridized carbons (Fsp3) is 0.632. The van der Waals surface area contributed by atoms with Crippen LogP contribution in [0.4, 0.5) is 13.2 Å². The van der Waals surface area contributed by atoms with Crippen LogP contribution in [-0.4, -0.2) is 63.9 Å². The van der Waals surface area contributed by atoms with Crippen molar-refractivity contribution >= 4 is 29.9 Å². The van der Waals surface area contributed by atoms with Crippen LogP contribution >= 0.6 is 24.0 Å². The number of aliphatic imine (C=N–C) groups is 1. The number of rotatable bonds is 9. The highest BCUT2D eigenvalue weighted by molar-refractivity contribution is 14.0. The molecule has 2 rings (SSSR count). The molecule has 0 radical (unpaired) electrons. The normalized spacial score (nSPS) is 15.9. The molecule has 1 saturated heterocycles. The van der Waals surface area contributed by atoms with Crippen LogP contribution in [0.25, 0.3) is 0 Å². The van der Waals surface area contributed by atoms with E-state index in [0.717, 1.165) is 45.5 Å². The highest BCUT2D eigenvalue weighted by atomic mass is 127. The van der Waals surface area contributed by atoms with Gasteiger partial charge >= 0.3 is 6.61 Å². The van der Waals surface area contributed by atoms with E-state index in [0.29, 0.717) is 5.96 Å². The summed E-state index contributed by atoms with van der Waals surface area (Å²) in [5.41, 5.74) is 0.0405. The lowest BCUT2D eigenvalue weighted by Gasteiger charge is -2.33. The topological polar surface area (TPSA) is 58.1 Å². The van der Waals surface area contributed by atoms with Gasteiger partial charge in [0.1, 0.15) is 11.6 Å². The second-order valence-electron chi connectivity index (χ2n) is 6.63. The molecule has 0 bridgehead atoms. The molecule has 1 aliphatic rings. The zero-order valence-corrected chi connectivity index (χ0v) is 19.1. The molecule has 1 aromatic rings. The zero-order chi connectivity index (χ0) is 20.4. The summed E-state index contributed by atoms with van der Waals surface area (Å²) in [7, 11) is 3.33. The second kappa shape index (κ2) is 13.9. The van der Waals surface area contributed by atoms with Gasteiger partial charge in [-0.25, -0.2) is 4.39 Å². The Hall–Kier alpha value is -1.27. The minimum absolute atomic E-state index is 0. The van der Waals surface area contributed by atoms with Crippen molar-refractivity contribution in [3.63, 3.8) is 0 Å². The standard InChI is InChI=1S/C19H29F3N4O2.HI/c1-23-19(25-14-7-10-26(11-8-14)9-4-12-27-2)24-13-15-16(20)5-3-6-17(15)28-18(21)22;/h3,5-6,14,18H,4,7-13H2,1-2H3,(H2,23,24,25);1H.